The molecule has 0 bridgehead atoms. The molecule has 6 heteroatoms. The van der Waals surface area contributed by atoms with Gasteiger partial charge in [0, 0.05) is 39.2 Å². The Morgan fingerprint density at radius 1 is 1.33 bits per heavy atom. The lowest BCUT2D eigenvalue weighted by molar-refractivity contribution is 0.0953. The molecule has 0 aliphatic rings. The molecule has 1 amide bonds. The van der Waals surface area contributed by atoms with Gasteiger partial charge in [-0.1, -0.05) is 0 Å². The Morgan fingerprint density at radius 2 is 2.06 bits per heavy atom. The average molecular weight is 376 g/mol. The van der Waals surface area contributed by atoms with Gasteiger partial charge < -0.3 is 15.4 Å². The molecule has 1 aromatic heterocycles. The zero-order chi connectivity index (χ0) is 13.1. The standard InChI is InChI=1S/C12H12Br2N2O2/c13-9-4-7-8(12(18)15-2-1-3-17)6-16-11(7)5-10(9)14/h4-6,16-17H,1-3H2,(H,15,18). The molecule has 96 valence electrons. The molecule has 1 heterocycles. The smallest absolute Gasteiger partial charge is 0.253 e. The Hall–Kier alpha value is -0.850. The van der Waals surface area contributed by atoms with Crippen molar-refractivity contribution in [1.82, 2.24) is 10.3 Å². The van der Waals surface area contributed by atoms with Gasteiger partial charge in [-0.2, -0.15) is 0 Å². The number of amides is 1. The monoisotopic (exact) mass is 374 g/mol. The second-order valence-electron chi connectivity index (χ2n) is 3.85. The molecular weight excluding hydrogens is 364 g/mol. The fourth-order valence-electron chi connectivity index (χ4n) is 1.68. The molecule has 0 aliphatic heterocycles. The van der Waals surface area contributed by atoms with Crippen LogP contribution >= 0.6 is 31.9 Å². The van der Waals surface area contributed by atoms with E-state index >= 15 is 0 Å². The van der Waals surface area contributed by atoms with E-state index in [1.54, 1.807) is 6.20 Å². The third-order valence-electron chi connectivity index (χ3n) is 2.59. The van der Waals surface area contributed by atoms with E-state index in [1.807, 2.05) is 12.1 Å². The van der Waals surface area contributed by atoms with E-state index < -0.39 is 0 Å². The number of fused-ring (bicyclic) bond motifs is 1. The minimum atomic E-state index is -0.135. The lowest BCUT2D eigenvalue weighted by atomic mass is 10.1. The van der Waals surface area contributed by atoms with Crippen molar-refractivity contribution in [2.45, 2.75) is 6.42 Å². The summed E-state index contributed by atoms with van der Waals surface area (Å²) in [6, 6.07) is 3.82. The van der Waals surface area contributed by atoms with Crippen molar-refractivity contribution in [2.24, 2.45) is 0 Å². The van der Waals surface area contributed by atoms with E-state index in [0.29, 0.717) is 18.5 Å². The number of carbonyl (C=O) groups is 1. The van der Waals surface area contributed by atoms with Crippen molar-refractivity contribution in [3.8, 4) is 0 Å². The number of H-pyrrole nitrogens is 1. The summed E-state index contributed by atoms with van der Waals surface area (Å²) in [5, 5.41) is 12.3. The van der Waals surface area contributed by atoms with Crippen LogP contribution in [-0.2, 0) is 0 Å². The van der Waals surface area contributed by atoms with Crippen LogP contribution in [0, 0.1) is 0 Å². The summed E-state index contributed by atoms with van der Waals surface area (Å²) in [6.07, 6.45) is 2.25. The normalized spacial score (nSPS) is 10.8. The molecule has 0 unspecified atom stereocenters. The van der Waals surface area contributed by atoms with Crippen molar-refractivity contribution in [3.63, 3.8) is 0 Å². The summed E-state index contributed by atoms with van der Waals surface area (Å²) in [6.45, 7) is 0.548. The first-order chi connectivity index (χ1) is 8.63. The number of rotatable bonds is 4. The predicted molar refractivity (Wildman–Crippen MR) is 77.7 cm³/mol. The van der Waals surface area contributed by atoms with Crippen LogP contribution in [0.5, 0.6) is 0 Å². The molecule has 0 saturated carbocycles. The summed E-state index contributed by atoms with van der Waals surface area (Å²) >= 11 is 6.84. The van der Waals surface area contributed by atoms with E-state index in [1.165, 1.54) is 0 Å². The Labute approximate surface area is 121 Å². The summed E-state index contributed by atoms with van der Waals surface area (Å²) in [4.78, 5) is 15.0. The van der Waals surface area contributed by atoms with Crippen LogP contribution in [0.3, 0.4) is 0 Å². The number of hydrogen-bond acceptors (Lipinski definition) is 2. The van der Waals surface area contributed by atoms with Gasteiger partial charge in [-0.3, -0.25) is 4.79 Å². The maximum absolute atomic E-state index is 12.0. The molecule has 0 saturated heterocycles. The highest BCUT2D eigenvalue weighted by molar-refractivity contribution is 9.13. The fraction of sp³-hybridized carbons (Fsp3) is 0.250. The van der Waals surface area contributed by atoms with Gasteiger partial charge in [-0.05, 0) is 50.4 Å². The third kappa shape index (κ3) is 2.76. The molecule has 0 atom stereocenters. The van der Waals surface area contributed by atoms with Gasteiger partial charge in [0.05, 0.1) is 5.56 Å². The Kier molecular flexibility index (Phi) is 4.42. The first-order valence-corrected chi connectivity index (χ1v) is 7.07. The maximum atomic E-state index is 12.0. The number of aliphatic hydroxyl groups is 1. The molecule has 3 N–H and O–H groups in total. The molecule has 18 heavy (non-hydrogen) atoms. The van der Waals surface area contributed by atoms with Crippen molar-refractivity contribution >= 4 is 48.7 Å². The predicted octanol–water partition coefficient (Wildman–Crippen LogP) is 2.81. The quantitative estimate of drug-likeness (QED) is 0.719. The first kappa shape index (κ1) is 13.6. The van der Waals surface area contributed by atoms with Crippen molar-refractivity contribution in [1.29, 1.82) is 0 Å². The van der Waals surface area contributed by atoms with E-state index in [2.05, 4.69) is 42.2 Å². The Balaban J connectivity index is 2.28. The molecule has 0 fully saturated rings. The van der Waals surface area contributed by atoms with Crippen molar-refractivity contribution < 1.29 is 9.90 Å². The molecule has 2 rings (SSSR count). The van der Waals surface area contributed by atoms with Crippen LogP contribution < -0.4 is 5.32 Å². The number of halogens is 2. The molecule has 0 spiro atoms. The van der Waals surface area contributed by atoms with Crippen LogP contribution in [0.15, 0.2) is 27.3 Å². The SMILES string of the molecule is O=C(NCCCO)c1c[nH]c2cc(Br)c(Br)cc12. The summed E-state index contributed by atoms with van der Waals surface area (Å²) in [5.74, 6) is -0.135. The van der Waals surface area contributed by atoms with Crippen molar-refractivity contribution in [2.75, 3.05) is 13.2 Å². The molecule has 0 radical (unpaired) electrons. The number of hydrogen-bond donors (Lipinski definition) is 3. The number of aliphatic hydroxyl groups excluding tert-OH is 1. The average Bonchev–Trinajstić information content (AvgIpc) is 2.73. The second kappa shape index (κ2) is 5.86. The number of aromatic amines is 1. The van der Waals surface area contributed by atoms with Crippen LogP contribution in [-0.4, -0.2) is 29.1 Å². The highest BCUT2D eigenvalue weighted by Gasteiger charge is 2.12. The lowest BCUT2D eigenvalue weighted by Crippen LogP contribution is -2.24. The van der Waals surface area contributed by atoms with Gasteiger partial charge in [0.25, 0.3) is 5.91 Å². The maximum Gasteiger partial charge on any atom is 0.253 e. The number of carbonyl (C=O) groups excluding carboxylic acids is 1. The zero-order valence-corrected chi connectivity index (χ0v) is 12.6. The summed E-state index contributed by atoms with van der Waals surface area (Å²) in [5.41, 5.74) is 1.51. The van der Waals surface area contributed by atoms with E-state index in [-0.39, 0.29) is 12.5 Å². The highest BCUT2D eigenvalue weighted by atomic mass is 79.9. The highest BCUT2D eigenvalue weighted by Crippen LogP contribution is 2.29. The van der Waals surface area contributed by atoms with E-state index in [9.17, 15) is 4.79 Å². The largest absolute Gasteiger partial charge is 0.396 e. The zero-order valence-electron chi connectivity index (χ0n) is 9.46. The molecule has 1 aromatic carbocycles. The minimum absolute atomic E-state index is 0.0761. The Bertz CT molecular complexity index is 581. The van der Waals surface area contributed by atoms with Gasteiger partial charge in [0.1, 0.15) is 0 Å². The minimum Gasteiger partial charge on any atom is -0.396 e. The summed E-state index contributed by atoms with van der Waals surface area (Å²) < 4.78 is 1.84. The topological polar surface area (TPSA) is 65.1 Å². The lowest BCUT2D eigenvalue weighted by Gasteiger charge is -2.03. The third-order valence-corrected chi connectivity index (χ3v) is 4.43. The first-order valence-electron chi connectivity index (χ1n) is 5.48. The molecule has 4 nitrogen and oxygen atoms in total. The molecular formula is C12H12Br2N2O2. The van der Waals surface area contributed by atoms with Gasteiger partial charge in [-0.15, -0.1) is 0 Å². The number of nitrogens with one attached hydrogen (secondary N) is 2. The van der Waals surface area contributed by atoms with Gasteiger partial charge in [0.15, 0.2) is 0 Å². The molecule has 2 aromatic rings. The number of benzene rings is 1. The van der Waals surface area contributed by atoms with Crippen LogP contribution in [0.4, 0.5) is 0 Å². The number of aromatic nitrogens is 1. The van der Waals surface area contributed by atoms with E-state index in [4.69, 9.17) is 5.11 Å². The van der Waals surface area contributed by atoms with Crippen LogP contribution in [0.25, 0.3) is 10.9 Å². The van der Waals surface area contributed by atoms with Gasteiger partial charge in [0.2, 0.25) is 0 Å². The van der Waals surface area contributed by atoms with E-state index in [0.717, 1.165) is 19.8 Å². The second-order valence-corrected chi connectivity index (χ2v) is 5.56. The van der Waals surface area contributed by atoms with Gasteiger partial charge in [-0.25, -0.2) is 0 Å². The molecule has 0 aliphatic carbocycles. The van der Waals surface area contributed by atoms with Crippen LogP contribution in [0.1, 0.15) is 16.8 Å². The van der Waals surface area contributed by atoms with Crippen LogP contribution in [0.2, 0.25) is 0 Å². The van der Waals surface area contributed by atoms with Gasteiger partial charge >= 0.3 is 0 Å². The van der Waals surface area contributed by atoms with Crippen molar-refractivity contribution in [3.05, 3.63) is 32.8 Å². The summed E-state index contributed by atoms with van der Waals surface area (Å²) in [7, 11) is 0. The fourth-order valence-corrected chi connectivity index (χ4v) is 2.37. The Morgan fingerprint density at radius 3 is 2.78 bits per heavy atom.